The topological polar surface area (TPSA) is 90.5 Å². The number of hydrogen-bond acceptors (Lipinski definition) is 7. The first kappa shape index (κ1) is 27.3. The molecule has 4 aromatic rings. The van der Waals surface area contributed by atoms with Crippen molar-refractivity contribution < 1.29 is 8.42 Å². The number of anilines is 4. The fraction of sp³-hybridized carbons (Fsp3) is 0.231. The van der Waals surface area contributed by atoms with Crippen molar-refractivity contribution in [2.45, 2.75) is 12.3 Å². The van der Waals surface area contributed by atoms with E-state index in [0.717, 1.165) is 34.4 Å². The molecule has 10 heteroatoms. The van der Waals surface area contributed by atoms with Crippen LogP contribution in [0.2, 0.25) is 0 Å². The van der Waals surface area contributed by atoms with Crippen LogP contribution in [0.15, 0.2) is 72.8 Å². The highest BCUT2D eigenvalue weighted by atomic mass is 35.5. The normalized spacial score (nSPS) is 11.5. The highest BCUT2D eigenvalue weighted by Crippen LogP contribution is 2.29. The summed E-state index contributed by atoms with van der Waals surface area (Å²) in [6.07, 6.45) is 0. The Kier molecular flexibility index (Phi) is 8.86. The molecule has 1 heterocycles. The largest absolute Gasteiger partial charge is 0.340 e. The zero-order chi connectivity index (χ0) is 25.0. The summed E-state index contributed by atoms with van der Waals surface area (Å²) < 4.78 is 25.6. The Balaban J connectivity index is 0.00000361. The fourth-order valence-electron chi connectivity index (χ4n) is 3.64. The third-order valence-corrected chi connectivity index (χ3v) is 7.26. The molecule has 0 aliphatic rings. The molecule has 0 aliphatic heterocycles. The summed E-state index contributed by atoms with van der Waals surface area (Å²) in [7, 11) is 3.81. The molecule has 0 amide bonds. The first-order chi connectivity index (χ1) is 16.7. The molecule has 4 rings (SSSR count). The molecule has 1 aromatic heterocycles. The minimum absolute atomic E-state index is 0. The van der Waals surface area contributed by atoms with Gasteiger partial charge in [-0.2, -0.15) is 4.98 Å². The highest BCUT2D eigenvalue weighted by Gasteiger charge is 2.15. The molecule has 36 heavy (non-hydrogen) atoms. The van der Waals surface area contributed by atoms with Gasteiger partial charge in [0.15, 0.2) is 0 Å². The van der Waals surface area contributed by atoms with Crippen LogP contribution in [-0.4, -0.2) is 55.8 Å². The molecular formula is C26H31ClN6O2S. The number of para-hydroxylation sites is 2. The van der Waals surface area contributed by atoms with E-state index < -0.39 is 10.0 Å². The van der Waals surface area contributed by atoms with Gasteiger partial charge in [0, 0.05) is 37.4 Å². The average Bonchev–Trinajstić information content (AvgIpc) is 2.81. The number of sulfonamides is 1. The second kappa shape index (κ2) is 11.7. The minimum atomic E-state index is -3.32. The van der Waals surface area contributed by atoms with E-state index in [1.165, 1.54) is 18.4 Å². The number of rotatable bonds is 9. The van der Waals surface area contributed by atoms with Crippen LogP contribution in [0.3, 0.4) is 0 Å². The van der Waals surface area contributed by atoms with Crippen molar-refractivity contribution >= 4 is 56.5 Å². The van der Waals surface area contributed by atoms with Gasteiger partial charge >= 0.3 is 0 Å². The van der Waals surface area contributed by atoms with E-state index in [4.69, 9.17) is 9.97 Å². The Labute approximate surface area is 218 Å². The standard InChI is InChI=1S/C26H30N6O2S.ClH/c1-31(2)17-20-9-8-12-23-24(20)29-26(30-25(23)27-21-10-6-5-7-11-21)28-22-15-13-19(14-16-22)18-35(33,34)32(3)4;/h5-16H,17-18H2,1-4H3,(H2,27,28,29,30);1H. The molecular weight excluding hydrogens is 496 g/mol. The number of fused-ring (bicyclic) bond motifs is 1. The van der Waals surface area contributed by atoms with Crippen molar-refractivity contribution in [3.8, 4) is 0 Å². The van der Waals surface area contributed by atoms with Crippen LogP contribution in [0.1, 0.15) is 11.1 Å². The Bertz CT molecular complexity index is 1410. The quantitative estimate of drug-likeness (QED) is 0.317. The lowest BCUT2D eigenvalue weighted by atomic mass is 10.1. The summed E-state index contributed by atoms with van der Waals surface area (Å²) in [5, 5.41) is 7.64. The summed E-state index contributed by atoms with van der Waals surface area (Å²) in [6, 6.07) is 23.3. The SMILES string of the molecule is CN(C)Cc1cccc2c(Nc3ccccc3)nc(Nc3ccc(CS(=O)(=O)N(C)C)cc3)nc12.Cl. The maximum absolute atomic E-state index is 12.2. The van der Waals surface area contributed by atoms with Crippen molar-refractivity contribution in [2.24, 2.45) is 0 Å². The summed E-state index contributed by atoms with van der Waals surface area (Å²) >= 11 is 0. The Hall–Kier alpha value is -3.24. The maximum atomic E-state index is 12.2. The molecule has 0 aliphatic carbocycles. The van der Waals surface area contributed by atoms with Gasteiger partial charge in [-0.15, -0.1) is 12.4 Å². The van der Waals surface area contributed by atoms with E-state index in [9.17, 15) is 8.42 Å². The second-order valence-electron chi connectivity index (χ2n) is 8.80. The molecule has 0 saturated carbocycles. The average molecular weight is 527 g/mol. The van der Waals surface area contributed by atoms with Crippen LogP contribution in [0.5, 0.6) is 0 Å². The van der Waals surface area contributed by atoms with Gasteiger partial charge in [0.1, 0.15) is 5.82 Å². The highest BCUT2D eigenvalue weighted by molar-refractivity contribution is 7.88. The predicted octanol–water partition coefficient (Wildman–Crippen LogP) is 4.99. The second-order valence-corrected chi connectivity index (χ2v) is 11.0. The van der Waals surface area contributed by atoms with E-state index >= 15 is 0 Å². The Morgan fingerprint density at radius 1 is 0.778 bits per heavy atom. The number of hydrogen-bond donors (Lipinski definition) is 2. The molecule has 8 nitrogen and oxygen atoms in total. The van der Waals surface area contributed by atoms with Crippen molar-refractivity contribution in [3.63, 3.8) is 0 Å². The fourth-order valence-corrected chi connectivity index (χ4v) is 4.51. The van der Waals surface area contributed by atoms with E-state index in [0.29, 0.717) is 17.3 Å². The smallest absolute Gasteiger partial charge is 0.229 e. The first-order valence-corrected chi connectivity index (χ1v) is 12.8. The molecule has 0 fully saturated rings. The van der Waals surface area contributed by atoms with Gasteiger partial charge in [-0.05, 0) is 55.6 Å². The van der Waals surface area contributed by atoms with E-state index in [1.54, 1.807) is 12.1 Å². The zero-order valence-corrected chi connectivity index (χ0v) is 22.4. The van der Waals surface area contributed by atoms with Gasteiger partial charge in [-0.3, -0.25) is 0 Å². The van der Waals surface area contributed by atoms with Crippen molar-refractivity contribution in [1.82, 2.24) is 19.2 Å². The van der Waals surface area contributed by atoms with Gasteiger partial charge < -0.3 is 15.5 Å². The number of benzene rings is 3. The van der Waals surface area contributed by atoms with Crippen LogP contribution in [0.4, 0.5) is 23.1 Å². The van der Waals surface area contributed by atoms with E-state index in [-0.39, 0.29) is 18.2 Å². The van der Waals surface area contributed by atoms with Gasteiger partial charge in [0.25, 0.3) is 0 Å². The molecule has 0 atom stereocenters. The summed E-state index contributed by atoms with van der Waals surface area (Å²) in [4.78, 5) is 11.7. The molecule has 2 N–H and O–H groups in total. The molecule has 0 unspecified atom stereocenters. The van der Waals surface area contributed by atoms with Crippen LogP contribution >= 0.6 is 12.4 Å². The number of aromatic nitrogens is 2. The maximum Gasteiger partial charge on any atom is 0.229 e. The lowest BCUT2D eigenvalue weighted by Gasteiger charge is -2.16. The van der Waals surface area contributed by atoms with Gasteiger partial charge in [0.05, 0.1) is 11.3 Å². The third kappa shape index (κ3) is 6.70. The number of nitrogens with one attached hydrogen (secondary N) is 2. The van der Waals surface area contributed by atoms with E-state index in [1.807, 2.05) is 68.7 Å². The van der Waals surface area contributed by atoms with Crippen LogP contribution in [0, 0.1) is 0 Å². The van der Waals surface area contributed by atoms with E-state index in [2.05, 4.69) is 21.6 Å². The van der Waals surface area contributed by atoms with Crippen molar-refractivity contribution in [3.05, 3.63) is 83.9 Å². The Morgan fingerprint density at radius 3 is 2.08 bits per heavy atom. The molecule has 0 spiro atoms. The monoisotopic (exact) mass is 526 g/mol. The third-order valence-electron chi connectivity index (χ3n) is 5.45. The van der Waals surface area contributed by atoms with Gasteiger partial charge in [0.2, 0.25) is 16.0 Å². The molecule has 0 saturated heterocycles. The van der Waals surface area contributed by atoms with Crippen LogP contribution in [-0.2, 0) is 22.3 Å². The molecule has 3 aromatic carbocycles. The van der Waals surface area contributed by atoms with Crippen LogP contribution in [0.25, 0.3) is 10.9 Å². The summed E-state index contributed by atoms with van der Waals surface area (Å²) in [6.45, 7) is 0.744. The van der Waals surface area contributed by atoms with Crippen molar-refractivity contribution in [1.29, 1.82) is 0 Å². The predicted molar refractivity (Wildman–Crippen MR) is 150 cm³/mol. The first-order valence-electron chi connectivity index (χ1n) is 11.2. The van der Waals surface area contributed by atoms with Gasteiger partial charge in [-0.1, -0.05) is 42.5 Å². The number of halogens is 1. The summed E-state index contributed by atoms with van der Waals surface area (Å²) in [5.74, 6) is 1.11. The molecule has 190 valence electrons. The summed E-state index contributed by atoms with van der Waals surface area (Å²) in [5.41, 5.74) is 4.38. The van der Waals surface area contributed by atoms with Crippen molar-refractivity contribution in [2.75, 3.05) is 38.8 Å². The lowest BCUT2D eigenvalue weighted by molar-refractivity contribution is 0.404. The van der Waals surface area contributed by atoms with Gasteiger partial charge in [-0.25, -0.2) is 17.7 Å². The molecule has 0 bridgehead atoms. The minimum Gasteiger partial charge on any atom is -0.340 e. The zero-order valence-electron chi connectivity index (χ0n) is 20.8. The number of nitrogens with zero attached hydrogens (tertiary/aromatic N) is 4. The van der Waals surface area contributed by atoms with Crippen LogP contribution < -0.4 is 10.6 Å². The lowest BCUT2D eigenvalue weighted by Crippen LogP contribution is -2.23. The Morgan fingerprint density at radius 2 is 1.44 bits per heavy atom. The molecule has 0 radical (unpaired) electrons.